The standard InChI is InChI=1S/C17H30OSi/c1-15(2)13-11-9-10-12-14-16(3)18-19(7,8)17(4,5)6/h11-14H,1,3,9-10H2,2,4-8H3/b13-11+,14-12+. The number of unbranched alkanes of at least 4 members (excludes halogenated alkanes) is 1. The average molecular weight is 279 g/mol. The van der Waals surface area contributed by atoms with Crippen LogP contribution < -0.4 is 0 Å². The van der Waals surface area contributed by atoms with E-state index in [1.165, 1.54) is 0 Å². The van der Waals surface area contributed by atoms with E-state index in [1.807, 2.05) is 13.0 Å². The Morgan fingerprint density at radius 2 is 1.53 bits per heavy atom. The van der Waals surface area contributed by atoms with Gasteiger partial charge in [0.25, 0.3) is 0 Å². The quantitative estimate of drug-likeness (QED) is 0.240. The molecule has 0 saturated carbocycles. The van der Waals surface area contributed by atoms with E-state index in [1.54, 1.807) is 0 Å². The monoisotopic (exact) mass is 278 g/mol. The fourth-order valence-corrected chi connectivity index (χ4v) is 2.24. The second-order valence-electron chi connectivity index (χ2n) is 6.56. The lowest BCUT2D eigenvalue weighted by Gasteiger charge is -2.36. The summed E-state index contributed by atoms with van der Waals surface area (Å²) < 4.78 is 6.07. The third-order valence-corrected chi connectivity index (χ3v) is 7.78. The predicted octanol–water partition coefficient (Wildman–Crippen LogP) is 5.99. The Hall–Kier alpha value is -1.02. The Morgan fingerprint density at radius 1 is 1.05 bits per heavy atom. The van der Waals surface area contributed by atoms with Gasteiger partial charge in [0.2, 0.25) is 8.32 Å². The smallest absolute Gasteiger partial charge is 0.250 e. The van der Waals surface area contributed by atoms with Gasteiger partial charge in [-0.3, -0.25) is 0 Å². The van der Waals surface area contributed by atoms with Crippen molar-refractivity contribution in [2.75, 3.05) is 0 Å². The summed E-state index contributed by atoms with van der Waals surface area (Å²) in [7, 11) is -1.73. The van der Waals surface area contributed by atoms with Crippen molar-refractivity contribution in [3.05, 3.63) is 48.8 Å². The van der Waals surface area contributed by atoms with Crippen LogP contribution in [0, 0.1) is 0 Å². The van der Waals surface area contributed by atoms with Crippen LogP contribution in [0.5, 0.6) is 0 Å². The molecule has 0 spiro atoms. The molecule has 0 bridgehead atoms. The van der Waals surface area contributed by atoms with Crippen LogP contribution in [0.25, 0.3) is 0 Å². The van der Waals surface area contributed by atoms with Gasteiger partial charge in [-0.15, -0.1) is 0 Å². The molecule has 0 unspecified atom stereocenters. The fraction of sp³-hybridized carbons (Fsp3) is 0.529. The molecule has 0 radical (unpaired) electrons. The van der Waals surface area contributed by atoms with Crippen molar-refractivity contribution in [2.45, 2.75) is 58.7 Å². The van der Waals surface area contributed by atoms with Crippen molar-refractivity contribution in [2.24, 2.45) is 0 Å². The minimum atomic E-state index is -1.73. The summed E-state index contributed by atoms with van der Waals surface area (Å²) in [5, 5.41) is 0.216. The maximum atomic E-state index is 6.07. The molecule has 2 heteroatoms. The van der Waals surface area contributed by atoms with Gasteiger partial charge in [-0.05, 0) is 44.0 Å². The van der Waals surface area contributed by atoms with E-state index < -0.39 is 8.32 Å². The molecule has 0 aromatic heterocycles. The van der Waals surface area contributed by atoms with E-state index in [-0.39, 0.29) is 5.04 Å². The summed E-state index contributed by atoms with van der Waals surface area (Å²) in [5.41, 5.74) is 1.09. The highest BCUT2D eigenvalue weighted by Gasteiger charge is 2.38. The summed E-state index contributed by atoms with van der Waals surface area (Å²) in [6.45, 7) is 21.0. The highest BCUT2D eigenvalue weighted by molar-refractivity contribution is 6.74. The van der Waals surface area contributed by atoms with Crippen LogP contribution in [-0.4, -0.2) is 8.32 Å². The zero-order valence-corrected chi connectivity index (χ0v) is 14.5. The van der Waals surface area contributed by atoms with Gasteiger partial charge < -0.3 is 4.43 Å². The van der Waals surface area contributed by atoms with Gasteiger partial charge in [-0.1, -0.05) is 57.7 Å². The van der Waals surface area contributed by atoms with Gasteiger partial charge in [0, 0.05) is 0 Å². The van der Waals surface area contributed by atoms with Crippen molar-refractivity contribution >= 4 is 8.32 Å². The number of hydrogen-bond acceptors (Lipinski definition) is 1. The summed E-state index contributed by atoms with van der Waals surface area (Å²) in [6.07, 6.45) is 10.3. The van der Waals surface area contributed by atoms with Gasteiger partial charge in [0.05, 0.1) is 5.76 Å². The first-order chi connectivity index (χ1) is 8.56. The highest BCUT2D eigenvalue weighted by Crippen LogP contribution is 2.37. The first kappa shape index (κ1) is 18.0. The van der Waals surface area contributed by atoms with Crippen LogP contribution in [0.3, 0.4) is 0 Å². The molecule has 0 fully saturated rings. The Labute approximate surface area is 120 Å². The molecule has 0 amide bonds. The molecule has 19 heavy (non-hydrogen) atoms. The van der Waals surface area contributed by atoms with E-state index in [9.17, 15) is 0 Å². The van der Waals surface area contributed by atoms with E-state index >= 15 is 0 Å². The van der Waals surface area contributed by atoms with Gasteiger partial charge in [0.1, 0.15) is 0 Å². The summed E-state index contributed by atoms with van der Waals surface area (Å²) in [5.74, 6) is 0.787. The van der Waals surface area contributed by atoms with Gasteiger partial charge >= 0.3 is 0 Å². The van der Waals surface area contributed by atoms with Crippen LogP contribution in [0.1, 0.15) is 40.5 Å². The molecule has 0 aliphatic rings. The number of allylic oxidation sites excluding steroid dienone is 5. The van der Waals surface area contributed by atoms with Crippen LogP contribution >= 0.6 is 0 Å². The van der Waals surface area contributed by atoms with Crippen molar-refractivity contribution in [1.29, 1.82) is 0 Å². The predicted molar refractivity (Wildman–Crippen MR) is 89.8 cm³/mol. The van der Waals surface area contributed by atoms with Gasteiger partial charge in [0.15, 0.2) is 0 Å². The van der Waals surface area contributed by atoms with Crippen LogP contribution in [0.4, 0.5) is 0 Å². The minimum absolute atomic E-state index is 0.216. The molecule has 0 aliphatic carbocycles. The summed E-state index contributed by atoms with van der Waals surface area (Å²) >= 11 is 0. The Balaban J connectivity index is 4.15. The Morgan fingerprint density at radius 3 is 1.95 bits per heavy atom. The topological polar surface area (TPSA) is 9.23 Å². The van der Waals surface area contributed by atoms with Gasteiger partial charge in [-0.25, -0.2) is 0 Å². The number of rotatable bonds is 7. The first-order valence-corrected chi connectivity index (χ1v) is 9.83. The Bertz CT molecular complexity index is 367. The lowest BCUT2D eigenvalue weighted by atomic mass is 10.2. The second-order valence-corrected chi connectivity index (χ2v) is 11.3. The molecule has 0 aromatic rings. The van der Waals surface area contributed by atoms with E-state index in [0.29, 0.717) is 0 Å². The maximum absolute atomic E-state index is 6.07. The molecular weight excluding hydrogens is 248 g/mol. The molecule has 0 aromatic carbocycles. The molecule has 108 valence electrons. The molecule has 0 heterocycles. The van der Waals surface area contributed by atoms with Crippen molar-refractivity contribution < 1.29 is 4.43 Å². The first-order valence-electron chi connectivity index (χ1n) is 6.93. The zero-order chi connectivity index (χ0) is 15.1. The van der Waals surface area contributed by atoms with Crippen molar-refractivity contribution in [1.82, 2.24) is 0 Å². The summed E-state index contributed by atoms with van der Waals surface area (Å²) in [4.78, 5) is 0. The number of hydrogen-bond donors (Lipinski definition) is 0. The van der Waals surface area contributed by atoms with Gasteiger partial charge in [-0.2, -0.15) is 0 Å². The van der Waals surface area contributed by atoms with Crippen LogP contribution in [0.2, 0.25) is 18.1 Å². The molecule has 1 nitrogen and oxygen atoms in total. The zero-order valence-electron chi connectivity index (χ0n) is 13.5. The molecule has 0 atom stereocenters. The molecular formula is C17H30OSi. The van der Waals surface area contributed by atoms with E-state index in [2.05, 4.69) is 65.3 Å². The average Bonchev–Trinajstić information content (AvgIpc) is 2.20. The van der Waals surface area contributed by atoms with Crippen LogP contribution in [-0.2, 0) is 4.43 Å². The highest BCUT2D eigenvalue weighted by atomic mass is 28.4. The summed E-state index contributed by atoms with van der Waals surface area (Å²) in [6, 6.07) is 0. The largest absolute Gasteiger partial charge is 0.544 e. The maximum Gasteiger partial charge on any atom is 0.250 e. The SMILES string of the molecule is C=C(C)/C=C/CC/C=C/C(=C)O[Si](C)(C)C(C)(C)C. The molecule has 0 saturated heterocycles. The second kappa shape index (κ2) is 7.54. The third kappa shape index (κ3) is 7.88. The normalized spacial score (nSPS) is 13.2. The third-order valence-electron chi connectivity index (χ3n) is 3.40. The minimum Gasteiger partial charge on any atom is -0.544 e. The van der Waals surface area contributed by atoms with Crippen molar-refractivity contribution in [3.63, 3.8) is 0 Å². The van der Waals surface area contributed by atoms with E-state index in [0.717, 1.165) is 24.2 Å². The lowest BCUT2D eigenvalue weighted by Crippen LogP contribution is -2.40. The van der Waals surface area contributed by atoms with Crippen molar-refractivity contribution in [3.8, 4) is 0 Å². The Kier molecular flexibility index (Phi) is 7.13. The molecule has 0 N–H and O–H groups in total. The molecule has 0 rings (SSSR count). The molecule has 0 aliphatic heterocycles. The fourth-order valence-electron chi connectivity index (χ4n) is 1.21. The lowest BCUT2D eigenvalue weighted by molar-refractivity contribution is 0.402. The van der Waals surface area contributed by atoms with E-state index in [4.69, 9.17) is 4.43 Å². The van der Waals surface area contributed by atoms with Crippen LogP contribution in [0.15, 0.2) is 48.8 Å².